The van der Waals surface area contributed by atoms with Gasteiger partial charge in [0.1, 0.15) is 6.04 Å². The van der Waals surface area contributed by atoms with Crippen LogP contribution < -0.4 is 10.6 Å². The first-order valence-corrected chi connectivity index (χ1v) is 14.8. The molecule has 1 atom stereocenters. The van der Waals surface area contributed by atoms with E-state index in [0.29, 0.717) is 17.9 Å². The van der Waals surface area contributed by atoms with Crippen molar-refractivity contribution < 1.29 is 33.0 Å². The average Bonchev–Trinajstić information content (AvgIpc) is 3.47. The molecule has 2 aliphatic rings. The lowest BCUT2D eigenvalue weighted by molar-refractivity contribution is -0.133. The fourth-order valence-corrected chi connectivity index (χ4v) is 6.53. The van der Waals surface area contributed by atoms with Gasteiger partial charge in [0.15, 0.2) is 11.6 Å². The smallest absolute Gasteiger partial charge is 0.335 e. The molecule has 1 unspecified atom stereocenters. The van der Waals surface area contributed by atoms with Crippen molar-refractivity contribution in [2.75, 3.05) is 39.9 Å². The molecule has 2 aromatic carbocycles. The van der Waals surface area contributed by atoms with Crippen molar-refractivity contribution in [1.82, 2.24) is 25.0 Å². The summed E-state index contributed by atoms with van der Waals surface area (Å²) in [6, 6.07) is 14.3. The molecule has 0 saturated carbocycles. The maximum absolute atomic E-state index is 14.2. The van der Waals surface area contributed by atoms with E-state index in [4.69, 9.17) is 4.74 Å². The van der Waals surface area contributed by atoms with Crippen LogP contribution in [0.3, 0.4) is 0 Å². The van der Waals surface area contributed by atoms with Crippen molar-refractivity contribution in [3.05, 3.63) is 107 Å². The molecule has 2 aliphatic heterocycles. The van der Waals surface area contributed by atoms with Gasteiger partial charge in [0.25, 0.3) is 0 Å². The highest BCUT2D eigenvalue weighted by molar-refractivity contribution is 6.01. The van der Waals surface area contributed by atoms with Crippen molar-refractivity contribution >= 4 is 18.0 Å². The quantitative estimate of drug-likeness (QED) is 0.287. The first-order chi connectivity index (χ1) is 21.7. The number of amides is 4. The molecule has 1 saturated heterocycles. The van der Waals surface area contributed by atoms with Crippen molar-refractivity contribution in [2.24, 2.45) is 7.05 Å². The predicted octanol–water partition coefficient (Wildman–Crippen LogP) is 4.54. The number of imide groups is 1. The zero-order valence-corrected chi connectivity index (χ0v) is 25.3. The number of aliphatic carboxylic acids is 1. The van der Waals surface area contributed by atoms with E-state index in [9.17, 15) is 28.3 Å². The Balaban J connectivity index is 1.25. The number of urea groups is 2. The van der Waals surface area contributed by atoms with Gasteiger partial charge in [0.05, 0.1) is 17.9 Å². The normalized spacial score (nSPS) is 18.5. The third-order valence-electron chi connectivity index (χ3n) is 8.73. The number of hydrogen-bond acceptors (Lipinski definition) is 5. The highest BCUT2D eigenvalue weighted by Gasteiger charge is 2.43. The minimum atomic E-state index is -1.51. The van der Waals surface area contributed by atoms with Gasteiger partial charge in [-0.25, -0.2) is 28.1 Å². The molecule has 238 valence electrons. The molecule has 0 spiro atoms. The number of nitrogens with one attached hydrogen (secondary N) is 2. The number of ether oxygens (including phenoxy) is 1. The van der Waals surface area contributed by atoms with Crippen LogP contribution in [-0.4, -0.2) is 77.4 Å². The molecule has 0 radical (unpaired) electrons. The van der Waals surface area contributed by atoms with Crippen molar-refractivity contribution in [2.45, 2.75) is 30.7 Å². The second kappa shape index (κ2) is 13.6. The Morgan fingerprint density at radius 3 is 2.42 bits per heavy atom. The molecule has 3 aromatic rings. The lowest BCUT2D eigenvalue weighted by Gasteiger charge is -2.43. The Labute approximate surface area is 260 Å². The third kappa shape index (κ3) is 6.47. The Hall–Kier alpha value is -4.55. The van der Waals surface area contributed by atoms with Crippen LogP contribution in [0.2, 0.25) is 0 Å². The Kier molecular flexibility index (Phi) is 9.64. The van der Waals surface area contributed by atoms with E-state index in [0.717, 1.165) is 44.1 Å². The number of aromatic nitrogens is 1. The number of halogens is 2. The Morgan fingerprint density at radius 1 is 1.07 bits per heavy atom. The second-order valence-corrected chi connectivity index (χ2v) is 11.4. The Morgan fingerprint density at radius 2 is 1.80 bits per heavy atom. The highest BCUT2D eigenvalue weighted by atomic mass is 19.2. The van der Waals surface area contributed by atoms with Gasteiger partial charge in [-0.3, -0.25) is 0 Å². The lowest BCUT2D eigenvalue weighted by atomic mass is 9.70. The summed E-state index contributed by atoms with van der Waals surface area (Å²) in [5.74, 6) is -3.82. The number of hydrogen-bond donors (Lipinski definition) is 3. The predicted molar refractivity (Wildman–Crippen MR) is 162 cm³/mol. The van der Waals surface area contributed by atoms with Gasteiger partial charge in [-0.2, -0.15) is 0 Å². The molecule has 5 rings (SSSR count). The zero-order chi connectivity index (χ0) is 32.1. The van der Waals surface area contributed by atoms with Crippen LogP contribution in [0, 0.1) is 11.6 Å². The van der Waals surface area contributed by atoms with Gasteiger partial charge in [-0.1, -0.05) is 36.4 Å². The molecular formula is C33H37F2N5O5. The zero-order valence-electron chi connectivity index (χ0n) is 25.3. The molecule has 3 N–H and O–H groups in total. The number of carboxylic acid groups (broad SMARTS) is 1. The van der Waals surface area contributed by atoms with Gasteiger partial charge in [-0.05, 0) is 74.3 Å². The molecule has 1 aromatic heterocycles. The number of aryl methyl sites for hydroxylation is 1. The number of rotatable bonds is 10. The van der Waals surface area contributed by atoms with E-state index >= 15 is 0 Å². The van der Waals surface area contributed by atoms with Crippen LogP contribution >= 0.6 is 0 Å². The van der Waals surface area contributed by atoms with Crippen molar-refractivity contribution in [1.29, 1.82) is 0 Å². The van der Waals surface area contributed by atoms with Gasteiger partial charge in [-0.15, -0.1) is 0 Å². The van der Waals surface area contributed by atoms with Crippen LogP contribution in [0.1, 0.15) is 42.1 Å². The van der Waals surface area contributed by atoms with Crippen LogP contribution in [-0.2, 0) is 22.0 Å². The Bertz CT molecular complexity index is 1580. The molecule has 4 amide bonds. The number of methoxy groups -OCH3 is 1. The van der Waals surface area contributed by atoms with Gasteiger partial charge in [0.2, 0.25) is 0 Å². The highest BCUT2D eigenvalue weighted by Crippen LogP contribution is 2.42. The summed E-state index contributed by atoms with van der Waals surface area (Å²) < 4.78 is 35.2. The van der Waals surface area contributed by atoms with E-state index < -0.39 is 35.7 Å². The molecule has 0 bridgehead atoms. The average molecular weight is 622 g/mol. The minimum absolute atomic E-state index is 0.0710. The molecule has 1 fully saturated rings. The molecule has 3 heterocycles. The summed E-state index contributed by atoms with van der Waals surface area (Å²) in [6.45, 7) is 2.36. The number of carbonyl (C=O) groups excluding carboxylic acids is 2. The number of carboxylic acids is 1. The molecule has 10 nitrogen and oxygen atoms in total. The molecular weight excluding hydrogens is 584 g/mol. The topological polar surface area (TPSA) is 116 Å². The van der Waals surface area contributed by atoms with Crippen LogP contribution in [0.15, 0.2) is 78.1 Å². The summed E-state index contributed by atoms with van der Waals surface area (Å²) in [5, 5.41) is 15.1. The second-order valence-electron chi connectivity index (χ2n) is 11.4. The van der Waals surface area contributed by atoms with Gasteiger partial charge < -0.3 is 29.9 Å². The molecule has 45 heavy (non-hydrogen) atoms. The fourth-order valence-electron chi connectivity index (χ4n) is 6.53. The number of piperidine rings is 1. The number of carbonyl (C=O) groups is 3. The maximum atomic E-state index is 14.2. The number of benzene rings is 2. The SMILES string of the molecule is COCC1=C(C(=O)O)C(c2ccc(F)c(F)c2)N(C(=O)NCCCN2CCC(c3ccccc3)(c3cccn3C)CC2)C(=O)N1. The standard InChI is InChI=1S/C33H37F2N5O5/c1-38-16-6-10-27(38)33(23-8-4-3-5-9-23)13-18-39(19-14-33)17-7-15-36-31(43)40-29(22-11-12-24(34)25(35)20-22)28(30(41)42)26(21-45-2)37-32(40)44/h3-6,8-12,16,20,29H,7,13-15,17-19,21H2,1-2H3,(H,36,43)(H,37,44)(H,41,42). The number of nitrogens with zero attached hydrogens (tertiary/aromatic N) is 3. The summed E-state index contributed by atoms with van der Waals surface area (Å²) >= 11 is 0. The first-order valence-electron chi connectivity index (χ1n) is 14.8. The van der Waals surface area contributed by atoms with Gasteiger partial charge in [0, 0.05) is 38.0 Å². The summed E-state index contributed by atoms with van der Waals surface area (Å²) in [4.78, 5) is 41.8. The third-order valence-corrected chi connectivity index (χ3v) is 8.73. The van der Waals surface area contributed by atoms with E-state index in [1.807, 2.05) is 6.07 Å². The maximum Gasteiger partial charge on any atom is 0.335 e. The lowest BCUT2D eigenvalue weighted by Crippen LogP contribution is -2.55. The molecule has 0 aliphatic carbocycles. The number of likely N-dealkylation sites (tertiary alicyclic amines) is 1. The summed E-state index contributed by atoms with van der Waals surface area (Å²) in [7, 11) is 3.39. The van der Waals surface area contributed by atoms with Crippen LogP contribution in [0.25, 0.3) is 0 Å². The van der Waals surface area contributed by atoms with Crippen LogP contribution in [0.4, 0.5) is 18.4 Å². The van der Waals surface area contributed by atoms with E-state index in [1.165, 1.54) is 18.4 Å². The summed E-state index contributed by atoms with van der Waals surface area (Å²) in [6.07, 6.45) is 4.51. The van der Waals surface area contributed by atoms with E-state index in [1.54, 1.807) is 0 Å². The van der Waals surface area contributed by atoms with Crippen LogP contribution in [0.5, 0.6) is 0 Å². The van der Waals surface area contributed by atoms with Gasteiger partial charge >= 0.3 is 18.0 Å². The van der Waals surface area contributed by atoms with E-state index in [-0.39, 0.29) is 35.4 Å². The molecule has 12 heteroatoms. The van der Waals surface area contributed by atoms with E-state index in [2.05, 4.69) is 69.7 Å². The van der Waals surface area contributed by atoms with Crippen molar-refractivity contribution in [3.8, 4) is 0 Å². The van der Waals surface area contributed by atoms with Crippen molar-refractivity contribution in [3.63, 3.8) is 0 Å². The first kappa shape index (κ1) is 31.9. The fraction of sp³-hybridized carbons (Fsp3) is 0.364. The monoisotopic (exact) mass is 621 g/mol. The summed E-state index contributed by atoms with van der Waals surface area (Å²) in [5.41, 5.74) is 1.93. The largest absolute Gasteiger partial charge is 0.478 e. The minimum Gasteiger partial charge on any atom is -0.478 e.